The van der Waals surface area contributed by atoms with Crippen molar-refractivity contribution >= 4 is 63.3 Å². The number of hydrogen-bond acceptors (Lipinski definition) is 7. The van der Waals surface area contributed by atoms with Crippen LogP contribution in [0.3, 0.4) is 0 Å². The lowest BCUT2D eigenvalue weighted by Gasteiger charge is -2.14. The van der Waals surface area contributed by atoms with Crippen LogP contribution >= 0.6 is 23.7 Å². The maximum Gasteiger partial charge on any atom is 0.343 e. The summed E-state index contributed by atoms with van der Waals surface area (Å²) >= 11 is 2.29. The third-order valence-corrected chi connectivity index (χ3v) is 6.88. The van der Waals surface area contributed by atoms with Crippen LogP contribution in [0.5, 0.6) is 0 Å². The average Bonchev–Trinajstić information content (AvgIpc) is 3.27. The topological polar surface area (TPSA) is 119 Å². The minimum absolute atomic E-state index is 0.299. The number of fused-ring (bicyclic) bond motifs is 1. The van der Waals surface area contributed by atoms with Gasteiger partial charge >= 0.3 is 12.0 Å². The second-order valence-corrected chi connectivity index (χ2v) is 8.93. The second kappa shape index (κ2) is 8.44. The zero-order chi connectivity index (χ0) is 22.1. The maximum absolute atomic E-state index is 12.7. The van der Waals surface area contributed by atoms with Crippen molar-refractivity contribution in [3.05, 3.63) is 60.2 Å². The Balaban J connectivity index is 1.44. The summed E-state index contributed by atoms with van der Waals surface area (Å²) in [4.78, 5) is 54.0. The number of carboxylic acid groups (broad SMARTS) is 1. The summed E-state index contributed by atoms with van der Waals surface area (Å²) in [6.45, 7) is 1.38. The highest BCUT2D eigenvalue weighted by molar-refractivity contribution is 8.41. The lowest BCUT2D eigenvalue weighted by atomic mass is 10.2. The molecule has 2 aliphatic heterocycles. The number of aliphatic carboxylic acids is 1. The molecule has 4 rings (SSSR count). The van der Waals surface area contributed by atoms with Crippen LogP contribution in [0, 0.1) is 0 Å². The first kappa shape index (κ1) is 20.9. The van der Waals surface area contributed by atoms with Gasteiger partial charge in [0.05, 0.1) is 11.4 Å². The standard InChI is InChI=1S/C20H16N4O5S2/c1-11(18(27)28)21-15(25)12-7-9-13(10-8-12)22-19-30-17-16(26)23(20(29)24(17)31-19)14-5-3-2-4-6-14/h2-11,17H,1H3,(H,21,25)(H,27,28). The first-order valence-corrected chi connectivity index (χ1v) is 10.8. The molecule has 0 aromatic heterocycles. The number of nitrogens with one attached hydrogen (secondary N) is 1. The van der Waals surface area contributed by atoms with E-state index < -0.39 is 29.3 Å². The fourth-order valence-corrected chi connectivity index (χ4v) is 5.23. The van der Waals surface area contributed by atoms with Crippen molar-refractivity contribution in [2.45, 2.75) is 18.3 Å². The van der Waals surface area contributed by atoms with Crippen LogP contribution in [0.15, 0.2) is 59.6 Å². The summed E-state index contributed by atoms with van der Waals surface area (Å²) < 4.78 is 1.93. The quantitative estimate of drug-likeness (QED) is 0.524. The molecule has 9 nitrogen and oxygen atoms in total. The zero-order valence-corrected chi connectivity index (χ0v) is 17.7. The molecule has 2 heterocycles. The van der Waals surface area contributed by atoms with E-state index in [4.69, 9.17) is 5.11 Å². The number of carboxylic acids is 1. The molecule has 0 saturated carbocycles. The van der Waals surface area contributed by atoms with Crippen molar-refractivity contribution in [1.29, 1.82) is 0 Å². The Labute approximate surface area is 185 Å². The molecule has 2 aliphatic rings. The molecule has 158 valence electrons. The fraction of sp³-hybridized carbons (Fsp3) is 0.150. The Morgan fingerprint density at radius 3 is 2.39 bits per heavy atom. The van der Waals surface area contributed by atoms with Gasteiger partial charge in [-0.3, -0.25) is 14.4 Å². The van der Waals surface area contributed by atoms with Gasteiger partial charge in [0.1, 0.15) is 6.04 Å². The molecule has 4 amide bonds. The number of para-hydroxylation sites is 1. The van der Waals surface area contributed by atoms with E-state index in [0.29, 0.717) is 21.3 Å². The van der Waals surface area contributed by atoms with Gasteiger partial charge in [-0.1, -0.05) is 30.0 Å². The number of amides is 4. The number of benzene rings is 2. The predicted octanol–water partition coefficient (Wildman–Crippen LogP) is 3.07. The third-order valence-electron chi connectivity index (χ3n) is 4.50. The molecule has 11 heteroatoms. The van der Waals surface area contributed by atoms with Crippen molar-refractivity contribution in [3.8, 4) is 0 Å². The molecule has 0 bridgehead atoms. The van der Waals surface area contributed by atoms with Gasteiger partial charge in [-0.05, 0) is 43.3 Å². The summed E-state index contributed by atoms with van der Waals surface area (Å²) in [6.07, 6.45) is 0. The van der Waals surface area contributed by atoms with Gasteiger partial charge in [-0.25, -0.2) is 19.0 Å². The Morgan fingerprint density at radius 1 is 1.10 bits per heavy atom. The molecule has 31 heavy (non-hydrogen) atoms. The Bertz CT molecular complexity index is 1060. The molecule has 0 aliphatic carbocycles. The van der Waals surface area contributed by atoms with Gasteiger partial charge in [-0.2, -0.15) is 0 Å². The predicted molar refractivity (Wildman–Crippen MR) is 118 cm³/mol. The lowest BCUT2D eigenvalue weighted by molar-refractivity contribution is -0.138. The fourth-order valence-electron chi connectivity index (χ4n) is 2.89. The molecular weight excluding hydrogens is 440 g/mol. The van der Waals surface area contributed by atoms with Crippen LogP contribution < -0.4 is 10.2 Å². The number of urea groups is 1. The van der Waals surface area contributed by atoms with E-state index in [2.05, 4.69) is 10.3 Å². The van der Waals surface area contributed by atoms with Crippen molar-refractivity contribution in [1.82, 2.24) is 9.62 Å². The van der Waals surface area contributed by atoms with Crippen molar-refractivity contribution in [2.24, 2.45) is 4.99 Å². The average molecular weight is 457 g/mol. The van der Waals surface area contributed by atoms with Crippen LogP contribution in [0.4, 0.5) is 16.2 Å². The largest absolute Gasteiger partial charge is 0.480 e. The first-order chi connectivity index (χ1) is 14.8. The van der Waals surface area contributed by atoms with Crippen molar-refractivity contribution < 1.29 is 24.3 Å². The third kappa shape index (κ3) is 4.14. The van der Waals surface area contributed by atoms with E-state index in [0.717, 1.165) is 16.8 Å². The number of carbonyl (C=O) groups is 4. The summed E-state index contributed by atoms with van der Waals surface area (Å²) in [7, 11) is 0. The van der Waals surface area contributed by atoms with Gasteiger partial charge in [0.25, 0.3) is 11.8 Å². The number of imide groups is 1. The first-order valence-electron chi connectivity index (χ1n) is 9.14. The van der Waals surface area contributed by atoms with Gasteiger partial charge in [0.2, 0.25) is 0 Å². The van der Waals surface area contributed by atoms with Crippen LogP contribution in [-0.2, 0) is 9.59 Å². The van der Waals surface area contributed by atoms with Crippen LogP contribution in [0.2, 0.25) is 0 Å². The minimum atomic E-state index is -1.12. The Morgan fingerprint density at radius 2 is 1.77 bits per heavy atom. The van der Waals surface area contributed by atoms with Crippen molar-refractivity contribution in [2.75, 3.05) is 4.90 Å². The van der Waals surface area contributed by atoms with Crippen LogP contribution in [-0.4, -0.2) is 49.0 Å². The van der Waals surface area contributed by atoms with E-state index in [-0.39, 0.29) is 5.91 Å². The number of anilines is 1. The zero-order valence-electron chi connectivity index (χ0n) is 16.1. The summed E-state index contributed by atoms with van der Waals surface area (Å²) in [5.74, 6) is -1.95. The number of hydrogen-bond donors (Lipinski definition) is 2. The monoisotopic (exact) mass is 456 g/mol. The summed E-state index contributed by atoms with van der Waals surface area (Å²) in [6, 6.07) is 13.6. The van der Waals surface area contributed by atoms with Gasteiger partial charge in [0, 0.05) is 17.5 Å². The van der Waals surface area contributed by atoms with Gasteiger partial charge < -0.3 is 10.4 Å². The molecule has 2 N–H and O–H groups in total. The molecule has 0 spiro atoms. The molecule has 2 aromatic rings. The van der Waals surface area contributed by atoms with Gasteiger partial charge in [0.15, 0.2) is 9.75 Å². The SMILES string of the molecule is CC(NC(=O)c1ccc(N=C2SC3C(=O)N(c4ccccc4)C(=O)N3S2)cc1)C(=O)O. The number of thioether (sulfide) groups is 1. The maximum atomic E-state index is 12.7. The minimum Gasteiger partial charge on any atom is -0.480 e. The molecule has 2 fully saturated rings. The van der Waals surface area contributed by atoms with E-state index in [9.17, 15) is 19.2 Å². The lowest BCUT2D eigenvalue weighted by Crippen LogP contribution is -2.38. The summed E-state index contributed by atoms with van der Waals surface area (Å²) in [5.41, 5.74) is 1.37. The van der Waals surface area contributed by atoms with E-state index >= 15 is 0 Å². The van der Waals surface area contributed by atoms with Gasteiger partial charge in [-0.15, -0.1) is 0 Å². The molecular formula is C20H16N4O5S2. The number of rotatable bonds is 5. The van der Waals surface area contributed by atoms with E-state index in [1.807, 2.05) is 6.07 Å². The second-order valence-electron chi connectivity index (χ2n) is 6.64. The highest BCUT2D eigenvalue weighted by Crippen LogP contribution is 2.45. The highest BCUT2D eigenvalue weighted by atomic mass is 32.2. The molecule has 2 aromatic carbocycles. The molecule has 2 saturated heterocycles. The van der Waals surface area contributed by atoms with E-state index in [1.165, 1.54) is 35.1 Å². The Kier molecular flexibility index (Phi) is 5.70. The number of aliphatic imine (C=N–C) groups is 1. The van der Waals surface area contributed by atoms with Crippen LogP contribution in [0.1, 0.15) is 17.3 Å². The highest BCUT2D eigenvalue weighted by Gasteiger charge is 2.52. The number of carbonyl (C=O) groups excluding carboxylic acids is 3. The number of nitrogens with zero attached hydrogens (tertiary/aromatic N) is 3. The van der Waals surface area contributed by atoms with E-state index in [1.54, 1.807) is 36.4 Å². The van der Waals surface area contributed by atoms with Crippen LogP contribution in [0.25, 0.3) is 0 Å². The normalized spacial score (nSPS) is 20.2. The molecule has 2 atom stereocenters. The van der Waals surface area contributed by atoms with Crippen molar-refractivity contribution in [3.63, 3.8) is 0 Å². The summed E-state index contributed by atoms with van der Waals surface area (Å²) in [5, 5.41) is 10.6. The molecule has 0 radical (unpaired) electrons. The smallest absolute Gasteiger partial charge is 0.343 e. The molecule has 2 unspecified atom stereocenters. The Hall–Kier alpha value is -3.31.